The standard InChI is InChI=1S/C22H20BrNO4/c1-14-5-4-6-18(11-14)28-17-9-7-16(8-10-17)24-22(25)15-12-19(23)21(27-3)20(13-15)26-2/h4-13H,1-3H3,(H,24,25). The lowest BCUT2D eigenvalue weighted by Gasteiger charge is -2.12. The first-order valence-corrected chi connectivity index (χ1v) is 9.37. The lowest BCUT2D eigenvalue weighted by Crippen LogP contribution is -2.12. The third-order valence-electron chi connectivity index (χ3n) is 4.03. The fourth-order valence-corrected chi connectivity index (χ4v) is 3.28. The summed E-state index contributed by atoms with van der Waals surface area (Å²) in [6.07, 6.45) is 0. The highest BCUT2D eigenvalue weighted by atomic mass is 79.9. The summed E-state index contributed by atoms with van der Waals surface area (Å²) in [5, 5.41) is 2.86. The lowest BCUT2D eigenvalue weighted by molar-refractivity contribution is 0.102. The average molecular weight is 442 g/mol. The molecule has 0 bridgehead atoms. The Morgan fingerprint density at radius 3 is 2.32 bits per heavy atom. The molecule has 0 aliphatic carbocycles. The molecule has 0 aliphatic rings. The van der Waals surface area contributed by atoms with Gasteiger partial charge in [0, 0.05) is 11.3 Å². The maximum absolute atomic E-state index is 12.6. The van der Waals surface area contributed by atoms with Crippen molar-refractivity contribution in [2.75, 3.05) is 19.5 Å². The highest BCUT2D eigenvalue weighted by Crippen LogP contribution is 2.36. The molecule has 0 saturated carbocycles. The van der Waals surface area contributed by atoms with Crippen molar-refractivity contribution in [1.82, 2.24) is 0 Å². The summed E-state index contributed by atoms with van der Waals surface area (Å²) in [6.45, 7) is 2.01. The summed E-state index contributed by atoms with van der Waals surface area (Å²) in [5.41, 5.74) is 2.24. The molecule has 0 heterocycles. The second-order valence-electron chi connectivity index (χ2n) is 6.09. The molecule has 0 saturated heterocycles. The highest BCUT2D eigenvalue weighted by Gasteiger charge is 2.15. The van der Waals surface area contributed by atoms with Gasteiger partial charge >= 0.3 is 0 Å². The predicted octanol–water partition coefficient (Wildman–Crippen LogP) is 5.82. The number of nitrogens with one attached hydrogen (secondary N) is 1. The van der Waals surface area contributed by atoms with E-state index < -0.39 is 0 Å². The van der Waals surface area contributed by atoms with Gasteiger partial charge in [0.2, 0.25) is 0 Å². The monoisotopic (exact) mass is 441 g/mol. The van der Waals surface area contributed by atoms with Gasteiger partial charge in [0.1, 0.15) is 11.5 Å². The summed E-state index contributed by atoms with van der Waals surface area (Å²) < 4.78 is 17.0. The zero-order valence-electron chi connectivity index (χ0n) is 15.8. The number of carbonyl (C=O) groups is 1. The number of amides is 1. The van der Waals surface area contributed by atoms with E-state index in [9.17, 15) is 4.79 Å². The number of ether oxygens (including phenoxy) is 3. The van der Waals surface area contributed by atoms with Crippen LogP contribution in [-0.2, 0) is 0 Å². The Bertz CT molecular complexity index is 986. The number of anilines is 1. The van der Waals surface area contributed by atoms with Crippen molar-refractivity contribution >= 4 is 27.5 Å². The van der Waals surface area contributed by atoms with Crippen LogP contribution in [0, 0.1) is 6.92 Å². The molecular formula is C22H20BrNO4. The van der Waals surface area contributed by atoms with E-state index in [-0.39, 0.29) is 5.91 Å². The number of aryl methyl sites for hydroxylation is 1. The van der Waals surface area contributed by atoms with Crippen molar-refractivity contribution in [3.8, 4) is 23.0 Å². The zero-order valence-corrected chi connectivity index (χ0v) is 17.4. The van der Waals surface area contributed by atoms with E-state index >= 15 is 0 Å². The van der Waals surface area contributed by atoms with Crippen molar-refractivity contribution in [2.45, 2.75) is 6.92 Å². The Labute approximate surface area is 172 Å². The normalized spacial score (nSPS) is 10.3. The smallest absolute Gasteiger partial charge is 0.255 e. The van der Waals surface area contributed by atoms with E-state index in [2.05, 4.69) is 21.2 Å². The number of benzene rings is 3. The van der Waals surface area contributed by atoms with Gasteiger partial charge in [-0.15, -0.1) is 0 Å². The van der Waals surface area contributed by atoms with Gasteiger partial charge in [0.15, 0.2) is 11.5 Å². The van der Waals surface area contributed by atoms with Crippen LogP contribution in [0.2, 0.25) is 0 Å². The SMILES string of the molecule is COc1cc(C(=O)Nc2ccc(Oc3cccc(C)c3)cc2)cc(Br)c1OC. The quantitative estimate of drug-likeness (QED) is 0.523. The molecule has 1 N–H and O–H groups in total. The maximum Gasteiger partial charge on any atom is 0.255 e. The molecule has 3 aromatic carbocycles. The summed E-state index contributed by atoms with van der Waals surface area (Å²) in [6, 6.07) is 18.3. The molecular weight excluding hydrogens is 422 g/mol. The Morgan fingerprint density at radius 1 is 0.929 bits per heavy atom. The van der Waals surface area contributed by atoms with Crippen LogP contribution in [-0.4, -0.2) is 20.1 Å². The van der Waals surface area contributed by atoms with E-state index in [1.807, 2.05) is 43.3 Å². The number of methoxy groups -OCH3 is 2. The van der Waals surface area contributed by atoms with E-state index in [4.69, 9.17) is 14.2 Å². The Balaban J connectivity index is 1.72. The van der Waals surface area contributed by atoms with Crippen LogP contribution >= 0.6 is 15.9 Å². The zero-order chi connectivity index (χ0) is 20.1. The molecule has 0 fully saturated rings. The van der Waals surface area contributed by atoms with Gasteiger partial charge in [0.25, 0.3) is 5.91 Å². The van der Waals surface area contributed by atoms with Crippen LogP contribution < -0.4 is 19.5 Å². The van der Waals surface area contributed by atoms with Crippen molar-refractivity contribution in [1.29, 1.82) is 0 Å². The maximum atomic E-state index is 12.6. The Morgan fingerprint density at radius 2 is 1.68 bits per heavy atom. The minimum atomic E-state index is -0.256. The molecule has 6 heteroatoms. The molecule has 1 amide bonds. The van der Waals surface area contributed by atoms with Crippen LogP contribution in [0.4, 0.5) is 5.69 Å². The van der Waals surface area contributed by atoms with Crippen molar-refractivity contribution in [3.05, 3.63) is 76.3 Å². The minimum Gasteiger partial charge on any atom is -0.493 e. The van der Waals surface area contributed by atoms with Crippen LogP contribution in [0.25, 0.3) is 0 Å². The van der Waals surface area contributed by atoms with Gasteiger partial charge in [-0.3, -0.25) is 4.79 Å². The van der Waals surface area contributed by atoms with E-state index in [1.54, 1.807) is 31.4 Å². The summed E-state index contributed by atoms with van der Waals surface area (Å²) in [4.78, 5) is 12.6. The van der Waals surface area contributed by atoms with Gasteiger partial charge in [-0.1, -0.05) is 12.1 Å². The molecule has 0 aromatic heterocycles. The van der Waals surface area contributed by atoms with Gasteiger partial charge in [0.05, 0.1) is 18.7 Å². The molecule has 0 radical (unpaired) electrons. The lowest BCUT2D eigenvalue weighted by atomic mass is 10.1. The molecule has 0 unspecified atom stereocenters. The van der Waals surface area contributed by atoms with Gasteiger partial charge in [-0.25, -0.2) is 0 Å². The predicted molar refractivity (Wildman–Crippen MR) is 113 cm³/mol. The molecule has 0 atom stereocenters. The number of carbonyl (C=O) groups excluding carboxylic acids is 1. The average Bonchev–Trinajstić information content (AvgIpc) is 2.68. The first kappa shape index (κ1) is 19.8. The second-order valence-corrected chi connectivity index (χ2v) is 6.94. The van der Waals surface area contributed by atoms with Crippen LogP contribution in [0.1, 0.15) is 15.9 Å². The van der Waals surface area contributed by atoms with E-state index in [1.165, 1.54) is 7.11 Å². The first-order valence-electron chi connectivity index (χ1n) is 8.57. The summed E-state index contributed by atoms with van der Waals surface area (Å²) in [7, 11) is 3.07. The summed E-state index contributed by atoms with van der Waals surface area (Å²) >= 11 is 3.40. The molecule has 5 nitrogen and oxygen atoms in total. The fraction of sp³-hybridized carbons (Fsp3) is 0.136. The third-order valence-corrected chi connectivity index (χ3v) is 4.62. The molecule has 144 valence electrons. The van der Waals surface area contributed by atoms with Gasteiger partial charge in [-0.05, 0) is 76.9 Å². The van der Waals surface area contributed by atoms with Gasteiger partial charge in [-0.2, -0.15) is 0 Å². The Kier molecular flexibility index (Phi) is 6.21. The third kappa shape index (κ3) is 4.64. The molecule has 28 heavy (non-hydrogen) atoms. The van der Waals surface area contributed by atoms with Gasteiger partial charge < -0.3 is 19.5 Å². The molecule has 3 aromatic rings. The summed E-state index contributed by atoms with van der Waals surface area (Å²) in [5.74, 6) is 2.22. The first-order chi connectivity index (χ1) is 13.5. The van der Waals surface area contributed by atoms with Crippen molar-refractivity contribution in [2.24, 2.45) is 0 Å². The molecule has 0 aliphatic heterocycles. The topological polar surface area (TPSA) is 56.8 Å². The van der Waals surface area contributed by atoms with Crippen molar-refractivity contribution in [3.63, 3.8) is 0 Å². The number of rotatable bonds is 6. The van der Waals surface area contributed by atoms with E-state index in [0.29, 0.717) is 33.0 Å². The highest BCUT2D eigenvalue weighted by molar-refractivity contribution is 9.10. The molecule has 0 spiro atoms. The number of hydrogen-bond donors (Lipinski definition) is 1. The number of halogens is 1. The Hall–Kier alpha value is -2.99. The molecule has 3 rings (SSSR count). The van der Waals surface area contributed by atoms with Crippen LogP contribution in [0.15, 0.2) is 65.1 Å². The minimum absolute atomic E-state index is 0.256. The second kappa shape index (κ2) is 8.80. The van der Waals surface area contributed by atoms with Crippen molar-refractivity contribution < 1.29 is 19.0 Å². The fourth-order valence-electron chi connectivity index (χ4n) is 2.67. The van der Waals surface area contributed by atoms with E-state index in [0.717, 1.165) is 11.3 Å². The largest absolute Gasteiger partial charge is 0.493 e. The number of hydrogen-bond acceptors (Lipinski definition) is 4. The van der Waals surface area contributed by atoms with Crippen LogP contribution in [0.3, 0.4) is 0 Å². The van der Waals surface area contributed by atoms with Crippen LogP contribution in [0.5, 0.6) is 23.0 Å².